The Labute approximate surface area is 120 Å². The lowest BCUT2D eigenvalue weighted by molar-refractivity contribution is 0.719. The van der Waals surface area contributed by atoms with Gasteiger partial charge in [-0.05, 0) is 38.1 Å². The lowest BCUT2D eigenvalue weighted by Crippen LogP contribution is -2.29. The van der Waals surface area contributed by atoms with E-state index < -0.39 is 5.54 Å². The summed E-state index contributed by atoms with van der Waals surface area (Å²) in [6.45, 7) is 3.58. The molecule has 0 amide bonds. The molecule has 0 aliphatic rings. The molecule has 0 saturated heterocycles. The smallest absolute Gasteiger partial charge is 0.149 e. The van der Waals surface area contributed by atoms with Crippen molar-refractivity contribution in [3.8, 4) is 17.3 Å². The molecule has 4 nitrogen and oxygen atoms in total. The third-order valence-electron chi connectivity index (χ3n) is 2.52. The molecular weight excluding hydrogens is 304 g/mol. The Morgan fingerprint density at radius 1 is 1.11 bits per heavy atom. The van der Waals surface area contributed by atoms with Crippen molar-refractivity contribution in [1.29, 1.82) is 5.26 Å². The molecule has 2 aromatic rings. The summed E-state index contributed by atoms with van der Waals surface area (Å²) in [5, 5.41) is 20.2. The molecule has 2 rings (SSSR count). The topological polar surface area (TPSA) is 61.6 Å². The molecular formula is C14H13BrN4. The van der Waals surface area contributed by atoms with Crippen molar-refractivity contribution in [3.63, 3.8) is 0 Å². The van der Waals surface area contributed by atoms with Crippen molar-refractivity contribution in [2.45, 2.75) is 19.4 Å². The minimum absolute atomic E-state index is 0.590. The molecule has 0 unspecified atom stereocenters. The summed E-state index contributed by atoms with van der Waals surface area (Å²) in [5.74, 6) is 0.590. The van der Waals surface area contributed by atoms with Crippen molar-refractivity contribution >= 4 is 21.7 Å². The van der Waals surface area contributed by atoms with Crippen LogP contribution in [0.25, 0.3) is 11.3 Å². The Morgan fingerprint density at radius 2 is 1.79 bits per heavy atom. The quantitative estimate of drug-likeness (QED) is 0.939. The highest BCUT2D eigenvalue weighted by Gasteiger charge is 2.16. The summed E-state index contributed by atoms with van der Waals surface area (Å²) in [4.78, 5) is 0. The number of nitriles is 1. The summed E-state index contributed by atoms with van der Waals surface area (Å²) in [6, 6.07) is 13.7. The van der Waals surface area contributed by atoms with E-state index >= 15 is 0 Å². The first-order chi connectivity index (χ1) is 9.00. The van der Waals surface area contributed by atoms with Gasteiger partial charge >= 0.3 is 0 Å². The zero-order valence-corrected chi connectivity index (χ0v) is 12.3. The fourth-order valence-corrected chi connectivity index (χ4v) is 1.79. The van der Waals surface area contributed by atoms with Gasteiger partial charge in [0.2, 0.25) is 0 Å². The lowest BCUT2D eigenvalue weighted by atomic mass is 10.1. The standard InChI is InChI=1S/C14H13BrN4/c1-14(2,9-16)17-13-8-7-12(18-19-13)10-3-5-11(15)6-4-10/h3-8H,1-2H3,(H,17,19). The molecule has 19 heavy (non-hydrogen) atoms. The number of anilines is 1. The normalized spacial score (nSPS) is 10.8. The van der Waals surface area contributed by atoms with Gasteiger partial charge in [0.25, 0.3) is 0 Å². The van der Waals surface area contributed by atoms with Gasteiger partial charge < -0.3 is 5.32 Å². The van der Waals surface area contributed by atoms with Crippen LogP contribution in [0.4, 0.5) is 5.82 Å². The predicted octanol–water partition coefficient (Wildman–Crippen LogP) is 3.62. The molecule has 0 spiro atoms. The Hall–Kier alpha value is -1.93. The number of benzene rings is 1. The van der Waals surface area contributed by atoms with Gasteiger partial charge in [0.1, 0.15) is 11.4 Å². The van der Waals surface area contributed by atoms with Gasteiger partial charge in [0, 0.05) is 10.0 Å². The van der Waals surface area contributed by atoms with E-state index in [-0.39, 0.29) is 0 Å². The first kappa shape index (κ1) is 13.5. The van der Waals surface area contributed by atoms with Crippen molar-refractivity contribution in [1.82, 2.24) is 10.2 Å². The van der Waals surface area contributed by atoms with Crippen molar-refractivity contribution in [3.05, 3.63) is 40.9 Å². The first-order valence-electron chi connectivity index (χ1n) is 5.79. The molecule has 0 bridgehead atoms. The summed E-state index contributed by atoms with van der Waals surface area (Å²) < 4.78 is 1.03. The fourth-order valence-electron chi connectivity index (χ4n) is 1.52. The van der Waals surface area contributed by atoms with Crippen LogP contribution in [0.15, 0.2) is 40.9 Å². The highest BCUT2D eigenvalue weighted by molar-refractivity contribution is 9.10. The Morgan fingerprint density at radius 3 is 2.32 bits per heavy atom. The van der Waals surface area contributed by atoms with E-state index in [0.717, 1.165) is 15.7 Å². The summed E-state index contributed by atoms with van der Waals surface area (Å²) in [7, 11) is 0. The SMILES string of the molecule is CC(C)(C#N)Nc1ccc(-c2ccc(Br)cc2)nn1. The zero-order valence-electron chi connectivity index (χ0n) is 10.7. The number of halogens is 1. The molecule has 0 fully saturated rings. The number of nitrogens with one attached hydrogen (secondary N) is 1. The Bertz CT molecular complexity index is 597. The molecule has 1 aromatic carbocycles. The summed E-state index contributed by atoms with van der Waals surface area (Å²) in [5.41, 5.74) is 1.14. The number of rotatable bonds is 3. The van der Waals surface area contributed by atoms with Crippen LogP contribution in [0.2, 0.25) is 0 Å². The maximum absolute atomic E-state index is 8.95. The second-order valence-corrected chi connectivity index (χ2v) is 5.59. The average Bonchev–Trinajstić information content (AvgIpc) is 2.40. The molecule has 5 heteroatoms. The van der Waals surface area contributed by atoms with Gasteiger partial charge in [-0.25, -0.2) is 0 Å². The highest BCUT2D eigenvalue weighted by atomic mass is 79.9. The monoisotopic (exact) mass is 316 g/mol. The van der Waals surface area contributed by atoms with Crippen molar-refractivity contribution in [2.75, 3.05) is 5.32 Å². The maximum atomic E-state index is 8.95. The fraction of sp³-hybridized carbons (Fsp3) is 0.214. The van der Waals surface area contributed by atoms with E-state index in [9.17, 15) is 0 Å². The van der Waals surface area contributed by atoms with E-state index in [4.69, 9.17) is 5.26 Å². The van der Waals surface area contributed by atoms with Crippen molar-refractivity contribution < 1.29 is 0 Å². The largest absolute Gasteiger partial charge is 0.351 e. The number of nitrogens with zero attached hydrogens (tertiary/aromatic N) is 3. The van der Waals surface area contributed by atoms with Crippen LogP contribution in [0.5, 0.6) is 0 Å². The van der Waals surface area contributed by atoms with Gasteiger partial charge in [0.05, 0.1) is 11.8 Å². The number of aromatic nitrogens is 2. The Balaban J connectivity index is 2.19. The molecule has 0 saturated carbocycles. The third kappa shape index (κ3) is 3.52. The van der Waals surface area contributed by atoms with Gasteiger partial charge in [-0.3, -0.25) is 0 Å². The van der Waals surface area contributed by atoms with Crippen LogP contribution < -0.4 is 5.32 Å². The summed E-state index contributed by atoms with van der Waals surface area (Å²) in [6.07, 6.45) is 0. The lowest BCUT2D eigenvalue weighted by Gasteiger charge is -2.17. The van der Waals surface area contributed by atoms with Crippen LogP contribution in [-0.2, 0) is 0 Å². The van der Waals surface area contributed by atoms with Crippen LogP contribution >= 0.6 is 15.9 Å². The summed E-state index contributed by atoms with van der Waals surface area (Å²) >= 11 is 3.39. The van der Waals surface area contributed by atoms with E-state index in [1.54, 1.807) is 13.8 Å². The molecule has 0 aliphatic carbocycles. The maximum Gasteiger partial charge on any atom is 0.149 e. The molecule has 0 radical (unpaired) electrons. The van der Waals surface area contributed by atoms with Gasteiger partial charge in [0.15, 0.2) is 0 Å². The molecule has 1 N–H and O–H groups in total. The predicted molar refractivity (Wildman–Crippen MR) is 78.5 cm³/mol. The van der Waals surface area contributed by atoms with Crippen LogP contribution in [0.1, 0.15) is 13.8 Å². The molecule has 1 heterocycles. The van der Waals surface area contributed by atoms with Crippen LogP contribution in [0, 0.1) is 11.3 Å². The van der Waals surface area contributed by atoms with E-state index in [0.29, 0.717) is 5.82 Å². The van der Waals surface area contributed by atoms with Crippen LogP contribution in [-0.4, -0.2) is 15.7 Å². The zero-order chi connectivity index (χ0) is 13.9. The average molecular weight is 317 g/mol. The van der Waals surface area contributed by atoms with E-state index in [1.807, 2.05) is 36.4 Å². The van der Waals surface area contributed by atoms with Gasteiger partial charge in [-0.1, -0.05) is 28.1 Å². The van der Waals surface area contributed by atoms with Crippen molar-refractivity contribution in [2.24, 2.45) is 0 Å². The number of hydrogen-bond acceptors (Lipinski definition) is 4. The Kier molecular flexibility index (Phi) is 3.82. The minimum Gasteiger partial charge on any atom is -0.351 e. The molecule has 0 atom stereocenters. The first-order valence-corrected chi connectivity index (χ1v) is 6.58. The second-order valence-electron chi connectivity index (χ2n) is 4.67. The molecule has 0 aliphatic heterocycles. The van der Waals surface area contributed by atoms with E-state index in [2.05, 4.69) is 37.5 Å². The minimum atomic E-state index is -0.659. The number of hydrogen-bond donors (Lipinski definition) is 1. The van der Waals surface area contributed by atoms with Gasteiger partial charge in [-0.2, -0.15) is 5.26 Å². The molecule has 1 aromatic heterocycles. The van der Waals surface area contributed by atoms with Gasteiger partial charge in [-0.15, -0.1) is 10.2 Å². The molecule has 96 valence electrons. The van der Waals surface area contributed by atoms with Crippen LogP contribution in [0.3, 0.4) is 0 Å². The van der Waals surface area contributed by atoms with E-state index in [1.165, 1.54) is 0 Å². The third-order valence-corrected chi connectivity index (χ3v) is 3.05. The second kappa shape index (κ2) is 5.37. The highest BCUT2D eigenvalue weighted by Crippen LogP contribution is 2.20.